The number of hydrogen-bond acceptors (Lipinski definition) is 4. The standard InChI is InChI=1S/C19H27BrN2O2/c1-14-10-17-15(11-16(14)20)18(23)19(13-24-17,22-8-4-5-9-22)12-21-6-2-3-7-21/h10-11,18,23H,2-9,12-13H2,1H3/t18-,19-/m0/s1. The summed E-state index contributed by atoms with van der Waals surface area (Å²) in [5.41, 5.74) is 1.77. The van der Waals surface area contributed by atoms with Gasteiger partial charge in [-0.15, -0.1) is 0 Å². The molecule has 2 atom stereocenters. The van der Waals surface area contributed by atoms with Crippen molar-refractivity contribution >= 4 is 15.9 Å². The van der Waals surface area contributed by atoms with E-state index in [0.717, 1.165) is 54.1 Å². The number of halogens is 1. The van der Waals surface area contributed by atoms with Crippen molar-refractivity contribution in [2.75, 3.05) is 39.3 Å². The van der Waals surface area contributed by atoms with Crippen LogP contribution in [0.5, 0.6) is 5.75 Å². The average molecular weight is 395 g/mol. The average Bonchev–Trinajstić information content (AvgIpc) is 3.26. The second kappa shape index (κ2) is 6.60. The Kier molecular flexibility index (Phi) is 4.63. The van der Waals surface area contributed by atoms with Gasteiger partial charge in [0.05, 0.1) is 5.54 Å². The van der Waals surface area contributed by atoms with Gasteiger partial charge in [0.2, 0.25) is 0 Å². The normalized spacial score (nSPS) is 31.2. The summed E-state index contributed by atoms with van der Waals surface area (Å²) >= 11 is 3.62. The summed E-state index contributed by atoms with van der Waals surface area (Å²) in [4.78, 5) is 5.01. The molecule has 2 fully saturated rings. The molecule has 4 rings (SSSR count). The third-order valence-corrected chi connectivity index (χ3v) is 6.86. The molecule has 1 aromatic carbocycles. The van der Waals surface area contributed by atoms with Crippen LogP contribution < -0.4 is 4.74 Å². The van der Waals surface area contributed by atoms with E-state index in [-0.39, 0.29) is 5.54 Å². The summed E-state index contributed by atoms with van der Waals surface area (Å²) in [6, 6.07) is 4.11. The summed E-state index contributed by atoms with van der Waals surface area (Å²) in [5.74, 6) is 0.847. The maximum absolute atomic E-state index is 11.4. The Morgan fingerprint density at radius 1 is 1.17 bits per heavy atom. The molecular weight excluding hydrogens is 368 g/mol. The lowest BCUT2D eigenvalue weighted by molar-refractivity contribution is -0.0802. The van der Waals surface area contributed by atoms with E-state index in [2.05, 4.69) is 38.7 Å². The molecule has 0 unspecified atom stereocenters. The van der Waals surface area contributed by atoms with E-state index in [4.69, 9.17) is 4.74 Å². The van der Waals surface area contributed by atoms with Gasteiger partial charge < -0.3 is 14.7 Å². The fourth-order valence-electron chi connectivity index (χ4n) is 4.57. The second-order valence-corrected chi connectivity index (χ2v) is 8.47. The van der Waals surface area contributed by atoms with Crippen molar-refractivity contribution in [1.29, 1.82) is 0 Å². The van der Waals surface area contributed by atoms with Crippen LogP contribution in [0.4, 0.5) is 0 Å². The molecule has 3 aliphatic rings. The van der Waals surface area contributed by atoms with E-state index in [1.165, 1.54) is 25.7 Å². The zero-order chi connectivity index (χ0) is 16.7. The molecule has 1 aromatic rings. The highest BCUT2D eigenvalue weighted by atomic mass is 79.9. The molecule has 0 aliphatic carbocycles. The summed E-state index contributed by atoms with van der Waals surface area (Å²) in [6.07, 6.45) is 4.48. The number of rotatable bonds is 3. The number of aliphatic hydroxyl groups is 1. The molecule has 3 aliphatic heterocycles. The molecule has 3 heterocycles. The number of benzene rings is 1. The monoisotopic (exact) mass is 394 g/mol. The van der Waals surface area contributed by atoms with Gasteiger partial charge in [-0.05, 0) is 76.5 Å². The molecule has 0 saturated carbocycles. The van der Waals surface area contributed by atoms with Crippen molar-refractivity contribution in [2.45, 2.75) is 44.2 Å². The van der Waals surface area contributed by atoms with E-state index in [1.54, 1.807) is 0 Å². The first-order valence-corrected chi connectivity index (χ1v) is 9.98. The Hall–Kier alpha value is -0.620. The highest BCUT2D eigenvalue weighted by Crippen LogP contribution is 2.44. The minimum Gasteiger partial charge on any atom is -0.491 e. The smallest absolute Gasteiger partial charge is 0.125 e. The van der Waals surface area contributed by atoms with Crippen molar-refractivity contribution < 1.29 is 9.84 Å². The molecule has 0 radical (unpaired) electrons. The number of fused-ring (bicyclic) bond motifs is 1. The SMILES string of the molecule is Cc1cc2c(cc1Br)[C@H](O)[C@@](CN1CCCC1)(N1CCCC1)CO2. The van der Waals surface area contributed by atoms with Crippen LogP contribution in [-0.2, 0) is 0 Å². The number of aliphatic hydroxyl groups excluding tert-OH is 1. The van der Waals surface area contributed by atoms with Crippen molar-refractivity contribution in [3.63, 3.8) is 0 Å². The van der Waals surface area contributed by atoms with Crippen molar-refractivity contribution in [3.05, 3.63) is 27.7 Å². The number of hydrogen-bond donors (Lipinski definition) is 1. The Labute approximate surface area is 152 Å². The largest absolute Gasteiger partial charge is 0.491 e. The van der Waals surface area contributed by atoms with Crippen LogP contribution >= 0.6 is 15.9 Å². The summed E-state index contributed by atoms with van der Waals surface area (Å²) in [7, 11) is 0. The number of ether oxygens (including phenoxy) is 1. The molecule has 0 bridgehead atoms. The third-order valence-electron chi connectivity index (χ3n) is 6.00. The fourth-order valence-corrected chi connectivity index (χ4v) is 4.93. The van der Waals surface area contributed by atoms with Gasteiger partial charge in [-0.25, -0.2) is 0 Å². The van der Waals surface area contributed by atoms with Crippen molar-refractivity contribution in [1.82, 2.24) is 9.80 Å². The van der Waals surface area contributed by atoms with Crippen LogP contribution in [0.1, 0.15) is 42.9 Å². The maximum Gasteiger partial charge on any atom is 0.125 e. The Morgan fingerprint density at radius 2 is 1.83 bits per heavy atom. The van der Waals surface area contributed by atoms with Gasteiger partial charge in [0, 0.05) is 16.6 Å². The first kappa shape index (κ1) is 16.8. The predicted octanol–water partition coefficient (Wildman–Crippen LogP) is 3.11. The van der Waals surface area contributed by atoms with Crippen LogP contribution in [0.2, 0.25) is 0 Å². The molecule has 4 nitrogen and oxygen atoms in total. The first-order chi connectivity index (χ1) is 11.6. The molecule has 1 N–H and O–H groups in total. The van der Waals surface area contributed by atoms with E-state index in [0.29, 0.717) is 6.61 Å². The summed E-state index contributed by atoms with van der Waals surface area (Å²) < 4.78 is 7.26. The van der Waals surface area contributed by atoms with Crippen LogP contribution in [0.3, 0.4) is 0 Å². The van der Waals surface area contributed by atoms with Gasteiger partial charge in [0.15, 0.2) is 0 Å². The second-order valence-electron chi connectivity index (χ2n) is 7.61. The highest BCUT2D eigenvalue weighted by molar-refractivity contribution is 9.10. The van der Waals surface area contributed by atoms with Crippen LogP contribution in [0.15, 0.2) is 16.6 Å². The number of nitrogens with zero attached hydrogens (tertiary/aromatic N) is 2. The van der Waals surface area contributed by atoms with Gasteiger partial charge in [0.25, 0.3) is 0 Å². The Bertz CT molecular complexity index is 612. The molecule has 5 heteroatoms. The van der Waals surface area contributed by atoms with Crippen LogP contribution in [0.25, 0.3) is 0 Å². The zero-order valence-corrected chi connectivity index (χ0v) is 16.0. The lowest BCUT2D eigenvalue weighted by Crippen LogP contribution is -2.63. The van der Waals surface area contributed by atoms with Crippen molar-refractivity contribution in [3.8, 4) is 5.75 Å². The summed E-state index contributed by atoms with van der Waals surface area (Å²) in [5, 5.41) is 11.4. The molecule has 2 saturated heterocycles. The molecule has 24 heavy (non-hydrogen) atoms. The third kappa shape index (κ3) is 2.79. The Balaban J connectivity index is 1.71. The number of likely N-dealkylation sites (tertiary alicyclic amines) is 2. The van der Waals surface area contributed by atoms with E-state index in [9.17, 15) is 5.11 Å². The summed E-state index contributed by atoms with van der Waals surface area (Å²) in [6.45, 7) is 7.97. The van der Waals surface area contributed by atoms with Crippen LogP contribution in [-0.4, -0.2) is 59.8 Å². The van der Waals surface area contributed by atoms with Gasteiger partial charge in [-0.3, -0.25) is 4.90 Å². The highest BCUT2D eigenvalue weighted by Gasteiger charge is 2.50. The minimum atomic E-state index is -0.503. The van der Waals surface area contributed by atoms with E-state index >= 15 is 0 Å². The predicted molar refractivity (Wildman–Crippen MR) is 98.5 cm³/mol. The number of aryl methyl sites for hydroxylation is 1. The maximum atomic E-state index is 11.4. The fraction of sp³-hybridized carbons (Fsp3) is 0.684. The zero-order valence-electron chi connectivity index (χ0n) is 14.4. The Morgan fingerprint density at radius 3 is 2.54 bits per heavy atom. The molecule has 132 valence electrons. The van der Waals surface area contributed by atoms with Crippen molar-refractivity contribution in [2.24, 2.45) is 0 Å². The quantitative estimate of drug-likeness (QED) is 0.853. The van der Waals surface area contributed by atoms with Crippen LogP contribution in [0, 0.1) is 6.92 Å². The van der Waals surface area contributed by atoms with E-state index in [1.807, 2.05) is 6.07 Å². The lowest BCUT2D eigenvalue weighted by Gasteiger charge is -2.49. The minimum absolute atomic E-state index is 0.317. The molecule has 0 spiro atoms. The van der Waals surface area contributed by atoms with Gasteiger partial charge in [-0.1, -0.05) is 15.9 Å². The lowest BCUT2D eigenvalue weighted by atomic mass is 9.83. The van der Waals surface area contributed by atoms with Gasteiger partial charge in [0.1, 0.15) is 18.5 Å². The first-order valence-electron chi connectivity index (χ1n) is 9.18. The van der Waals surface area contributed by atoms with Gasteiger partial charge >= 0.3 is 0 Å². The topological polar surface area (TPSA) is 35.9 Å². The van der Waals surface area contributed by atoms with Gasteiger partial charge in [-0.2, -0.15) is 0 Å². The molecule has 0 aromatic heterocycles. The van der Waals surface area contributed by atoms with E-state index < -0.39 is 6.10 Å². The molecule has 0 amide bonds. The molecular formula is C19H27BrN2O2.